The minimum absolute atomic E-state index is 0.287. The van der Waals surface area contributed by atoms with E-state index in [2.05, 4.69) is 29.5 Å². The zero-order valence-electron chi connectivity index (χ0n) is 15.0. The third kappa shape index (κ3) is 4.94. The Balaban J connectivity index is 1.86. The van der Waals surface area contributed by atoms with Crippen LogP contribution in [0.4, 0.5) is 4.39 Å². The lowest BCUT2D eigenvalue weighted by atomic mass is 9.64. The Morgan fingerprint density at radius 1 is 1.33 bits per heavy atom. The number of halogens is 1. The van der Waals surface area contributed by atoms with E-state index in [0.717, 1.165) is 18.1 Å². The summed E-state index contributed by atoms with van der Waals surface area (Å²) in [7, 11) is 1.76. The van der Waals surface area contributed by atoms with Crippen LogP contribution in [0.3, 0.4) is 0 Å². The van der Waals surface area contributed by atoms with E-state index in [1.165, 1.54) is 31.7 Å². The Labute approximate surface area is 144 Å². The van der Waals surface area contributed by atoms with Gasteiger partial charge >= 0.3 is 0 Å². The molecule has 1 aliphatic carbocycles. The highest BCUT2D eigenvalue weighted by Gasteiger charge is 2.37. The Bertz CT molecular complexity index is 568. The van der Waals surface area contributed by atoms with Gasteiger partial charge in [-0.25, -0.2) is 4.39 Å². The van der Waals surface area contributed by atoms with Crippen LogP contribution in [0.2, 0.25) is 0 Å². The Kier molecular flexibility index (Phi) is 6.60. The fourth-order valence-electron chi connectivity index (χ4n) is 3.53. The van der Waals surface area contributed by atoms with E-state index in [0.29, 0.717) is 23.4 Å². The highest BCUT2D eigenvalue weighted by molar-refractivity contribution is 5.79. The monoisotopic (exact) mass is 335 g/mol. The first-order chi connectivity index (χ1) is 11.5. The molecule has 0 saturated heterocycles. The SMILES string of the molecule is CN=C(NCc1ccc(F)c(CO)c1)NCC1(CC(C)C)CCC1. The second kappa shape index (κ2) is 8.47. The maximum atomic E-state index is 13.4. The highest BCUT2D eigenvalue weighted by Crippen LogP contribution is 2.45. The molecule has 0 radical (unpaired) electrons. The van der Waals surface area contributed by atoms with Gasteiger partial charge in [-0.15, -0.1) is 0 Å². The van der Waals surface area contributed by atoms with Gasteiger partial charge in [-0.2, -0.15) is 0 Å². The van der Waals surface area contributed by atoms with Gasteiger partial charge in [0.15, 0.2) is 5.96 Å². The number of guanidine groups is 1. The van der Waals surface area contributed by atoms with Crippen LogP contribution in [0, 0.1) is 17.2 Å². The van der Waals surface area contributed by atoms with Crippen molar-refractivity contribution < 1.29 is 9.50 Å². The van der Waals surface area contributed by atoms with Crippen LogP contribution in [-0.4, -0.2) is 24.7 Å². The predicted octanol–water partition coefficient (Wildman–Crippen LogP) is 3.20. The lowest BCUT2D eigenvalue weighted by Crippen LogP contribution is -2.46. The van der Waals surface area contributed by atoms with E-state index in [4.69, 9.17) is 5.11 Å². The van der Waals surface area contributed by atoms with Gasteiger partial charge in [0.05, 0.1) is 6.61 Å². The molecule has 1 aromatic carbocycles. The van der Waals surface area contributed by atoms with Crippen molar-refractivity contribution in [3.8, 4) is 0 Å². The fourth-order valence-corrected chi connectivity index (χ4v) is 3.53. The molecule has 0 aliphatic heterocycles. The number of hydrogen-bond acceptors (Lipinski definition) is 2. The van der Waals surface area contributed by atoms with Crippen molar-refractivity contribution in [3.63, 3.8) is 0 Å². The normalized spacial score (nSPS) is 16.8. The zero-order chi connectivity index (χ0) is 17.6. The van der Waals surface area contributed by atoms with Crippen molar-refractivity contribution in [1.82, 2.24) is 10.6 Å². The van der Waals surface area contributed by atoms with Gasteiger partial charge in [0.1, 0.15) is 5.82 Å². The molecule has 0 heterocycles. The molecule has 0 spiro atoms. The van der Waals surface area contributed by atoms with Crippen LogP contribution in [0.25, 0.3) is 0 Å². The Morgan fingerprint density at radius 2 is 2.08 bits per heavy atom. The number of benzene rings is 1. The van der Waals surface area contributed by atoms with Crippen molar-refractivity contribution in [2.45, 2.75) is 52.7 Å². The largest absolute Gasteiger partial charge is 0.392 e. The van der Waals surface area contributed by atoms with Gasteiger partial charge in [-0.3, -0.25) is 4.99 Å². The molecule has 24 heavy (non-hydrogen) atoms. The van der Waals surface area contributed by atoms with Crippen LogP contribution in [-0.2, 0) is 13.2 Å². The maximum Gasteiger partial charge on any atom is 0.191 e. The first kappa shape index (κ1) is 18.7. The second-order valence-electron chi connectivity index (χ2n) is 7.31. The lowest BCUT2D eigenvalue weighted by Gasteiger charge is -2.43. The van der Waals surface area contributed by atoms with Gasteiger partial charge in [-0.05, 0) is 48.3 Å². The Hall–Kier alpha value is -1.62. The first-order valence-electron chi connectivity index (χ1n) is 8.81. The number of nitrogens with one attached hydrogen (secondary N) is 2. The molecule has 0 aromatic heterocycles. The van der Waals surface area contributed by atoms with E-state index >= 15 is 0 Å². The van der Waals surface area contributed by atoms with Crippen molar-refractivity contribution >= 4 is 5.96 Å². The van der Waals surface area contributed by atoms with Crippen molar-refractivity contribution in [2.24, 2.45) is 16.3 Å². The van der Waals surface area contributed by atoms with E-state index in [-0.39, 0.29) is 12.4 Å². The number of aliphatic hydroxyl groups is 1. The summed E-state index contributed by atoms with van der Waals surface area (Å²) in [6.45, 7) is 5.76. The summed E-state index contributed by atoms with van der Waals surface area (Å²) in [5.41, 5.74) is 1.65. The standard InChI is InChI=1S/C19H30FN3O/c1-14(2)10-19(7-4-8-19)13-23-18(21-3)22-11-15-5-6-17(20)16(9-15)12-24/h5-6,9,14,24H,4,7-8,10-13H2,1-3H3,(H2,21,22,23). The number of nitrogens with zero attached hydrogens (tertiary/aromatic N) is 1. The molecule has 1 aliphatic rings. The molecule has 1 saturated carbocycles. The van der Waals surface area contributed by atoms with Gasteiger partial charge in [-0.1, -0.05) is 26.3 Å². The zero-order valence-corrected chi connectivity index (χ0v) is 15.0. The second-order valence-corrected chi connectivity index (χ2v) is 7.31. The molecule has 0 bridgehead atoms. The Morgan fingerprint density at radius 3 is 2.62 bits per heavy atom. The lowest BCUT2D eigenvalue weighted by molar-refractivity contribution is 0.104. The van der Waals surface area contributed by atoms with Crippen LogP contribution in [0.1, 0.15) is 50.7 Å². The quantitative estimate of drug-likeness (QED) is 0.530. The molecule has 5 heteroatoms. The molecule has 0 unspecified atom stereocenters. The van der Waals surface area contributed by atoms with E-state index < -0.39 is 0 Å². The summed E-state index contributed by atoms with van der Waals surface area (Å²) >= 11 is 0. The molecule has 1 aromatic rings. The van der Waals surface area contributed by atoms with Crippen LogP contribution >= 0.6 is 0 Å². The molecule has 3 N–H and O–H groups in total. The van der Waals surface area contributed by atoms with Crippen LogP contribution in [0.5, 0.6) is 0 Å². The highest BCUT2D eigenvalue weighted by atomic mass is 19.1. The molecular formula is C19H30FN3O. The minimum atomic E-state index is -0.371. The summed E-state index contributed by atoms with van der Waals surface area (Å²) in [4.78, 5) is 4.27. The molecular weight excluding hydrogens is 305 g/mol. The predicted molar refractivity (Wildman–Crippen MR) is 96.3 cm³/mol. The van der Waals surface area contributed by atoms with Crippen LogP contribution in [0.15, 0.2) is 23.2 Å². The van der Waals surface area contributed by atoms with E-state index in [9.17, 15) is 4.39 Å². The molecule has 4 nitrogen and oxygen atoms in total. The summed E-state index contributed by atoms with van der Waals surface area (Å²) in [6, 6.07) is 4.80. The molecule has 0 amide bonds. The first-order valence-corrected chi connectivity index (χ1v) is 8.81. The molecule has 2 rings (SSSR count). The molecule has 134 valence electrons. The number of hydrogen-bond donors (Lipinski definition) is 3. The summed E-state index contributed by atoms with van der Waals surface area (Å²) in [5.74, 6) is 1.10. The van der Waals surface area contributed by atoms with Gasteiger partial charge in [0.25, 0.3) is 0 Å². The van der Waals surface area contributed by atoms with E-state index in [1.807, 2.05) is 0 Å². The summed E-state index contributed by atoms with van der Waals surface area (Å²) in [6.07, 6.45) is 5.13. The average Bonchev–Trinajstić information content (AvgIpc) is 2.53. The van der Waals surface area contributed by atoms with Crippen LogP contribution < -0.4 is 10.6 Å². The third-order valence-electron chi connectivity index (χ3n) is 4.85. The smallest absolute Gasteiger partial charge is 0.191 e. The molecule has 1 fully saturated rings. The topological polar surface area (TPSA) is 56.7 Å². The van der Waals surface area contributed by atoms with E-state index in [1.54, 1.807) is 19.2 Å². The number of rotatable bonds is 7. The van der Waals surface area contributed by atoms with Crippen molar-refractivity contribution in [1.29, 1.82) is 0 Å². The molecule has 0 atom stereocenters. The number of aliphatic imine (C=N–C) groups is 1. The number of aliphatic hydroxyl groups excluding tert-OH is 1. The van der Waals surface area contributed by atoms with Gasteiger partial charge in [0, 0.05) is 25.7 Å². The summed E-state index contributed by atoms with van der Waals surface area (Å²) < 4.78 is 13.4. The van der Waals surface area contributed by atoms with Gasteiger partial charge < -0.3 is 15.7 Å². The maximum absolute atomic E-state index is 13.4. The summed E-state index contributed by atoms with van der Waals surface area (Å²) in [5, 5.41) is 15.9. The third-order valence-corrected chi connectivity index (χ3v) is 4.85. The van der Waals surface area contributed by atoms with Crippen molar-refractivity contribution in [3.05, 3.63) is 35.1 Å². The fraction of sp³-hybridized carbons (Fsp3) is 0.632. The van der Waals surface area contributed by atoms with Crippen molar-refractivity contribution in [2.75, 3.05) is 13.6 Å². The average molecular weight is 335 g/mol. The van der Waals surface area contributed by atoms with Gasteiger partial charge in [0.2, 0.25) is 0 Å². The minimum Gasteiger partial charge on any atom is -0.392 e.